The number of carboxylic acid groups (broad SMARTS) is 1. The lowest BCUT2D eigenvalue weighted by atomic mass is 10.4. The Hall–Kier alpha value is -0.550. The van der Waals surface area contributed by atoms with Gasteiger partial charge in [-0.05, 0) is 6.92 Å². The second-order valence-electron chi connectivity index (χ2n) is 1.83. The first-order chi connectivity index (χ1) is 4.54. The fourth-order valence-corrected chi connectivity index (χ4v) is 0.419. The van der Waals surface area contributed by atoms with Crippen molar-refractivity contribution in [2.24, 2.45) is 0 Å². The zero-order chi connectivity index (χ0) is 8.15. The van der Waals surface area contributed by atoms with Gasteiger partial charge in [-0.3, -0.25) is 14.9 Å². The van der Waals surface area contributed by atoms with Crippen LogP contribution in [0.4, 0.5) is 0 Å². The van der Waals surface area contributed by atoms with Crippen molar-refractivity contribution in [2.45, 2.75) is 13.0 Å². The molecule has 0 spiro atoms. The molecule has 58 valence electrons. The van der Waals surface area contributed by atoms with Crippen LogP contribution in [0.5, 0.6) is 0 Å². The fraction of sp³-hybridized carbons (Fsp3) is 0.600. The van der Waals surface area contributed by atoms with Gasteiger partial charge in [0.05, 0.1) is 12.6 Å². The van der Waals surface area contributed by atoms with Gasteiger partial charge in [-0.1, -0.05) is 0 Å². The highest BCUT2D eigenvalue weighted by atomic mass is 32.1. The number of hydrogen-bond donors (Lipinski definition) is 3. The van der Waals surface area contributed by atoms with Crippen molar-refractivity contribution in [2.75, 3.05) is 6.54 Å². The van der Waals surface area contributed by atoms with Crippen molar-refractivity contribution < 1.29 is 14.7 Å². The standard InChI is InChI=1S/C5H9NO3S/c1-3(5(9)10)6-2-4(7)8/h3,6H,2H2,1H3,(H,7,8)(H,9,10)/t3-/m1/s1. The quantitative estimate of drug-likeness (QED) is 0.489. The van der Waals surface area contributed by atoms with Crippen molar-refractivity contribution in [3.63, 3.8) is 0 Å². The van der Waals surface area contributed by atoms with Crippen LogP contribution in [0.1, 0.15) is 6.92 Å². The normalized spacial score (nSPS) is 12.6. The largest absolute Gasteiger partial charge is 0.480 e. The van der Waals surface area contributed by atoms with Crippen LogP contribution in [-0.4, -0.2) is 28.8 Å². The van der Waals surface area contributed by atoms with Gasteiger partial charge in [0.1, 0.15) is 0 Å². The Morgan fingerprint density at radius 2 is 2.20 bits per heavy atom. The van der Waals surface area contributed by atoms with Crippen molar-refractivity contribution in [1.29, 1.82) is 0 Å². The zero-order valence-corrected chi connectivity index (χ0v) is 6.39. The van der Waals surface area contributed by atoms with E-state index in [1.807, 2.05) is 0 Å². The summed E-state index contributed by atoms with van der Waals surface area (Å²) >= 11 is 3.50. The number of rotatable bonds is 4. The second-order valence-corrected chi connectivity index (χ2v) is 2.28. The minimum atomic E-state index is -0.985. The summed E-state index contributed by atoms with van der Waals surface area (Å²) in [6.07, 6.45) is 0. The highest BCUT2D eigenvalue weighted by Gasteiger charge is 2.07. The molecule has 0 amide bonds. The van der Waals surface area contributed by atoms with E-state index in [0.29, 0.717) is 0 Å². The summed E-state index contributed by atoms with van der Waals surface area (Å²) in [5.41, 5.74) is 0. The van der Waals surface area contributed by atoms with Gasteiger partial charge in [0.25, 0.3) is 0 Å². The molecule has 0 aliphatic heterocycles. The molecule has 0 aromatic rings. The van der Waals surface area contributed by atoms with Crippen LogP contribution in [0.2, 0.25) is 0 Å². The summed E-state index contributed by atoms with van der Waals surface area (Å²) in [6, 6.07) is -0.501. The smallest absolute Gasteiger partial charge is 0.317 e. The van der Waals surface area contributed by atoms with Gasteiger partial charge in [0.2, 0.25) is 5.12 Å². The van der Waals surface area contributed by atoms with Crippen LogP contribution in [0, 0.1) is 0 Å². The van der Waals surface area contributed by atoms with Crippen LogP contribution >= 0.6 is 12.6 Å². The Labute approximate surface area is 64.0 Å². The maximum Gasteiger partial charge on any atom is 0.317 e. The Morgan fingerprint density at radius 3 is 2.50 bits per heavy atom. The number of nitrogens with one attached hydrogen (secondary N) is 1. The number of thiol groups is 1. The van der Waals surface area contributed by atoms with Gasteiger partial charge in [0, 0.05) is 0 Å². The zero-order valence-electron chi connectivity index (χ0n) is 5.50. The Morgan fingerprint density at radius 1 is 1.70 bits per heavy atom. The maximum atomic E-state index is 10.4. The van der Waals surface area contributed by atoms with E-state index in [1.165, 1.54) is 0 Å². The molecule has 0 bridgehead atoms. The van der Waals surface area contributed by atoms with Crippen LogP contribution in [0.25, 0.3) is 0 Å². The van der Waals surface area contributed by atoms with Gasteiger partial charge in [-0.25, -0.2) is 0 Å². The summed E-state index contributed by atoms with van der Waals surface area (Å²) in [4.78, 5) is 20.3. The van der Waals surface area contributed by atoms with Crippen LogP contribution < -0.4 is 5.32 Å². The summed E-state index contributed by atoms with van der Waals surface area (Å²) in [5, 5.41) is 10.2. The van der Waals surface area contributed by atoms with E-state index in [9.17, 15) is 9.59 Å². The first kappa shape index (κ1) is 9.45. The number of hydrogen-bond acceptors (Lipinski definition) is 3. The van der Waals surface area contributed by atoms with Crippen LogP contribution in [0.3, 0.4) is 0 Å². The molecule has 2 N–H and O–H groups in total. The van der Waals surface area contributed by atoms with Crippen LogP contribution in [-0.2, 0) is 9.59 Å². The number of carbonyl (C=O) groups excluding carboxylic acids is 1. The molecule has 0 rings (SSSR count). The minimum absolute atomic E-state index is 0.215. The lowest BCUT2D eigenvalue weighted by Crippen LogP contribution is -2.35. The number of carbonyl (C=O) groups is 2. The van der Waals surface area contributed by atoms with E-state index in [0.717, 1.165) is 0 Å². The van der Waals surface area contributed by atoms with Crippen molar-refractivity contribution in [3.8, 4) is 0 Å². The highest BCUT2D eigenvalue weighted by molar-refractivity contribution is 7.96. The van der Waals surface area contributed by atoms with Gasteiger partial charge in [-0.15, -0.1) is 12.6 Å². The molecule has 4 nitrogen and oxygen atoms in total. The van der Waals surface area contributed by atoms with E-state index >= 15 is 0 Å². The SMILES string of the molecule is C[C@@H](NCC(=O)O)C(=O)S. The third kappa shape index (κ3) is 4.34. The molecule has 0 saturated heterocycles. The van der Waals surface area contributed by atoms with Crippen LogP contribution in [0.15, 0.2) is 0 Å². The lowest BCUT2D eigenvalue weighted by Gasteiger charge is -2.05. The van der Waals surface area contributed by atoms with Gasteiger partial charge >= 0.3 is 5.97 Å². The summed E-state index contributed by atoms with van der Waals surface area (Å²) in [6.45, 7) is 1.34. The molecule has 0 fully saturated rings. The van der Waals surface area contributed by atoms with Gasteiger partial charge in [-0.2, -0.15) is 0 Å². The Bertz CT molecular complexity index is 148. The molecule has 0 aromatic carbocycles. The van der Waals surface area contributed by atoms with Crippen molar-refractivity contribution in [1.82, 2.24) is 5.32 Å². The lowest BCUT2D eigenvalue weighted by molar-refractivity contribution is -0.136. The maximum absolute atomic E-state index is 10.4. The van der Waals surface area contributed by atoms with Crippen molar-refractivity contribution in [3.05, 3.63) is 0 Å². The van der Waals surface area contributed by atoms with E-state index in [2.05, 4.69) is 17.9 Å². The summed E-state index contributed by atoms with van der Waals surface area (Å²) in [7, 11) is 0. The summed E-state index contributed by atoms with van der Waals surface area (Å²) < 4.78 is 0. The molecule has 0 unspecified atom stereocenters. The average molecular weight is 163 g/mol. The Balaban J connectivity index is 3.49. The molecule has 10 heavy (non-hydrogen) atoms. The van der Waals surface area contributed by atoms with E-state index in [1.54, 1.807) is 6.92 Å². The molecule has 0 heterocycles. The molecule has 0 aliphatic carbocycles. The van der Waals surface area contributed by atoms with E-state index in [4.69, 9.17) is 5.11 Å². The molecule has 5 heteroatoms. The number of carboxylic acids is 1. The molecular weight excluding hydrogens is 154 g/mol. The van der Waals surface area contributed by atoms with Gasteiger partial charge in [0.15, 0.2) is 0 Å². The first-order valence-corrected chi connectivity index (χ1v) is 3.16. The minimum Gasteiger partial charge on any atom is -0.480 e. The van der Waals surface area contributed by atoms with E-state index < -0.39 is 12.0 Å². The highest BCUT2D eigenvalue weighted by Crippen LogP contribution is 1.86. The Kier molecular flexibility index (Phi) is 4.06. The molecule has 1 atom stereocenters. The molecule has 0 radical (unpaired) electrons. The predicted molar refractivity (Wildman–Crippen MR) is 39.1 cm³/mol. The third-order valence-electron chi connectivity index (χ3n) is 0.930. The monoisotopic (exact) mass is 163 g/mol. The third-order valence-corrected chi connectivity index (χ3v) is 1.32. The first-order valence-electron chi connectivity index (χ1n) is 2.72. The summed E-state index contributed by atoms with van der Waals surface area (Å²) in [5.74, 6) is -0.985. The van der Waals surface area contributed by atoms with Crippen molar-refractivity contribution >= 4 is 23.7 Å². The predicted octanol–water partition coefficient (Wildman–Crippen LogP) is -0.494. The molecule has 0 aliphatic rings. The topological polar surface area (TPSA) is 66.4 Å². The average Bonchev–Trinajstić information content (AvgIpc) is 1.82. The second kappa shape index (κ2) is 4.29. The van der Waals surface area contributed by atoms with Gasteiger partial charge < -0.3 is 5.11 Å². The molecular formula is C5H9NO3S. The fourth-order valence-electron chi connectivity index (χ4n) is 0.328. The van der Waals surface area contributed by atoms with E-state index in [-0.39, 0.29) is 11.7 Å². The molecule has 0 saturated carbocycles. The number of aliphatic carboxylic acids is 1. The molecule has 0 aromatic heterocycles.